The van der Waals surface area contributed by atoms with Crippen LogP contribution in [-0.4, -0.2) is 29.0 Å². The minimum Gasteiger partial charge on any atom is -0.602 e. The van der Waals surface area contributed by atoms with E-state index in [1.54, 1.807) is 0 Å². The molecule has 80 valence electrons. The summed E-state index contributed by atoms with van der Waals surface area (Å²) in [7, 11) is 0. The smallest absolute Gasteiger partial charge is 0.341 e. The third-order valence-corrected chi connectivity index (χ3v) is 2.03. The van der Waals surface area contributed by atoms with Gasteiger partial charge in [0.1, 0.15) is 6.54 Å². The number of hydrogen-bond acceptors (Lipinski definition) is 4. The molecule has 7 heteroatoms. The van der Waals surface area contributed by atoms with E-state index in [1.165, 1.54) is 0 Å². The van der Waals surface area contributed by atoms with Crippen molar-refractivity contribution in [1.82, 2.24) is 5.01 Å². The number of carbonyl (C=O) groups excluding carboxylic acids is 1. The van der Waals surface area contributed by atoms with Crippen LogP contribution >= 0.6 is 0 Å². The highest BCUT2D eigenvalue weighted by Gasteiger charge is 2.30. The molecule has 1 rings (SSSR count). The molecule has 1 atom stereocenters. The predicted molar refractivity (Wildman–Crippen MR) is 49.2 cm³/mol. The Morgan fingerprint density at radius 3 is 2.86 bits per heavy atom. The Labute approximate surface area is 82.3 Å². The molecular formula is C7H15N5O2. The van der Waals surface area contributed by atoms with Gasteiger partial charge < -0.3 is 10.9 Å². The van der Waals surface area contributed by atoms with Gasteiger partial charge >= 0.3 is 6.03 Å². The topological polar surface area (TPSA) is 94.1 Å². The van der Waals surface area contributed by atoms with Gasteiger partial charge in [-0.15, -0.1) is 5.01 Å². The van der Waals surface area contributed by atoms with Gasteiger partial charge in [-0.25, -0.2) is 4.79 Å². The van der Waals surface area contributed by atoms with Gasteiger partial charge in [-0.3, -0.25) is 0 Å². The average molecular weight is 201 g/mol. The average Bonchev–Trinajstić information content (AvgIpc) is 2.49. The lowest BCUT2D eigenvalue weighted by atomic mass is 10.2. The normalized spacial score (nSPS) is 25.7. The summed E-state index contributed by atoms with van der Waals surface area (Å²) in [5, 5.41) is 19.5. The third kappa shape index (κ3) is 2.64. The van der Waals surface area contributed by atoms with Crippen molar-refractivity contribution in [2.75, 3.05) is 13.2 Å². The van der Waals surface area contributed by atoms with Gasteiger partial charge in [-0.1, -0.05) is 13.3 Å². The lowest BCUT2D eigenvalue weighted by Crippen LogP contribution is -2.43. The molecule has 1 heterocycles. The zero-order valence-electron chi connectivity index (χ0n) is 8.22. The van der Waals surface area contributed by atoms with E-state index in [2.05, 4.69) is 17.4 Å². The number of rotatable bonds is 4. The second kappa shape index (κ2) is 4.34. The van der Waals surface area contributed by atoms with E-state index >= 15 is 0 Å². The van der Waals surface area contributed by atoms with Gasteiger partial charge in [0, 0.05) is 0 Å². The van der Waals surface area contributed by atoms with Crippen molar-refractivity contribution < 1.29 is 9.55 Å². The molecule has 2 N–H and O–H groups in total. The second-order valence-corrected chi connectivity index (χ2v) is 3.34. The molecular weight excluding hydrogens is 186 g/mol. The van der Waals surface area contributed by atoms with Crippen LogP contribution in [0.5, 0.6) is 0 Å². The highest BCUT2D eigenvalue weighted by molar-refractivity contribution is 5.71. The van der Waals surface area contributed by atoms with Crippen molar-refractivity contribution in [2.24, 2.45) is 16.2 Å². The summed E-state index contributed by atoms with van der Waals surface area (Å²) in [5.74, 6) is 0. The number of urea groups is 1. The number of primary amides is 1. The van der Waals surface area contributed by atoms with Crippen LogP contribution in [0.1, 0.15) is 26.2 Å². The minimum atomic E-state index is -0.817. The first-order valence-electron chi connectivity index (χ1n) is 4.65. The van der Waals surface area contributed by atoms with Gasteiger partial charge in [0.25, 0.3) is 0 Å². The molecule has 0 aromatic rings. The number of nitrogens with two attached hydrogens (primary N) is 1. The SMILES string of the molecule is CCCCC[N+]1([O-])CN(C(N)=O)N=N1. The summed E-state index contributed by atoms with van der Waals surface area (Å²) < 4.78 is -0.817. The molecule has 0 spiro atoms. The molecule has 14 heavy (non-hydrogen) atoms. The Kier molecular flexibility index (Phi) is 3.37. The molecule has 2 amide bonds. The fraction of sp³-hybridized carbons (Fsp3) is 0.857. The molecule has 0 aromatic heterocycles. The summed E-state index contributed by atoms with van der Waals surface area (Å²) in [6, 6.07) is -0.736. The predicted octanol–water partition coefficient (Wildman–Crippen LogP) is 1.13. The number of carbonyl (C=O) groups is 1. The van der Waals surface area contributed by atoms with Crippen molar-refractivity contribution in [1.29, 1.82) is 0 Å². The van der Waals surface area contributed by atoms with Crippen LogP contribution in [0.3, 0.4) is 0 Å². The van der Waals surface area contributed by atoms with Gasteiger partial charge in [0.15, 0.2) is 0 Å². The summed E-state index contributed by atoms with van der Waals surface area (Å²) in [5.41, 5.74) is 4.96. The van der Waals surface area contributed by atoms with Crippen molar-refractivity contribution in [3.63, 3.8) is 0 Å². The summed E-state index contributed by atoms with van der Waals surface area (Å²) in [4.78, 5) is 10.7. The fourth-order valence-corrected chi connectivity index (χ4v) is 1.23. The fourth-order valence-electron chi connectivity index (χ4n) is 1.23. The van der Waals surface area contributed by atoms with E-state index in [0.29, 0.717) is 6.54 Å². The highest BCUT2D eigenvalue weighted by atomic mass is 16.6. The molecule has 0 bridgehead atoms. The Bertz CT molecular complexity index is 244. The first-order chi connectivity index (χ1) is 6.57. The van der Waals surface area contributed by atoms with Gasteiger partial charge in [-0.2, -0.15) is 4.76 Å². The van der Waals surface area contributed by atoms with Crippen molar-refractivity contribution in [3.8, 4) is 0 Å². The van der Waals surface area contributed by atoms with Gasteiger partial charge in [-0.05, 0) is 18.1 Å². The van der Waals surface area contributed by atoms with Crippen LogP contribution in [0, 0.1) is 5.21 Å². The Morgan fingerprint density at radius 1 is 1.64 bits per heavy atom. The van der Waals surface area contributed by atoms with Crippen LogP contribution in [0.4, 0.5) is 4.79 Å². The van der Waals surface area contributed by atoms with E-state index in [1.807, 2.05) is 0 Å². The monoisotopic (exact) mass is 201 g/mol. The maximum atomic E-state index is 11.7. The minimum absolute atomic E-state index is 0.0982. The molecule has 1 aliphatic heterocycles. The number of amides is 2. The van der Waals surface area contributed by atoms with E-state index < -0.39 is 10.8 Å². The van der Waals surface area contributed by atoms with Crippen LogP contribution in [0.25, 0.3) is 0 Å². The summed E-state index contributed by atoms with van der Waals surface area (Å²) in [6.07, 6.45) is 2.80. The molecule has 7 nitrogen and oxygen atoms in total. The lowest BCUT2D eigenvalue weighted by Gasteiger charge is -2.29. The zero-order chi connectivity index (χ0) is 10.6. The molecule has 0 aliphatic carbocycles. The van der Waals surface area contributed by atoms with Crippen LogP contribution < -0.4 is 5.73 Å². The first kappa shape index (κ1) is 10.9. The lowest BCUT2D eigenvalue weighted by molar-refractivity contribution is -0.888. The molecule has 1 unspecified atom stereocenters. The molecule has 0 aromatic carbocycles. The highest BCUT2D eigenvalue weighted by Crippen LogP contribution is 2.18. The van der Waals surface area contributed by atoms with Crippen LogP contribution in [-0.2, 0) is 0 Å². The Hall–Kier alpha value is -1.21. The first-order valence-corrected chi connectivity index (χ1v) is 4.65. The Morgan fingerprint density at radius 2 is 2.36 bits per heavy atom. The molecule has 0 fully saturated rings. The summed E-state index contributed by atoms with van der Waals surface area (Å²) >= 11 is 0. The number of quaternary nitrogens is 1. The second-order valence-electron chi connectivity index (χ2n) is 3.34. The Balaban J connectivity index is 2.39. The van der Waals surface area contributed by atoms with Crippen molar-refractivity contribution in [2.45, 2.75) is 26.2 Å². The number of hydroxylamine groups is 2. The van der Waals surface area contributed by atoms with Gasteiger partial charge in [0.05, 0.1) is 5.22 Å². The molecule has 0 saturated heterocycles. The molecule has 0 saturated carbocycles. The quantitative estimate of drug-likeness (QED) is 0.419. The molecule has 1 aliphatic rings. The van der Waals surface area contributed by atoms with E-state index in [-0.39, 0.29) is 6.67 Å². The third-order valence-electron chi connectivity index (χ3n) is 2.03. The van der Waals surface area contributed by atoms with Crippen molar-refractivity contribution in [3.05, 3.63) is 5.21 Å². The zero-order valence-corrected chi connectivity index (χ0v) is 8.22. The maximum Gasteiger partial charge on any atom is 0.341 e. The number of hydrogen-bond donors (Lipinski definition) is 1. The standard InChI is InChI=1S/C7H15N5O2/c1-2-3-4-5-12(14)6-11(7(8)13)9-10-12/h2-6H2,1H3,(H2,8,13). The maximum absolute atomic E-state index is 11.7. The molecule has 0 radical (unpaired) electrons. The van der Waals surface area contributed by atoms with Gasteiger partial charge in [0.2, 0.25) is 6.67 Å². The van der Waals surface area contributed by atoms with Crippen LogP contribution in [0.2, 0.25) is 0 Å². The van der Waals surface area contributed by atoms with Crippen molar-refractivity contribution >= 4 is 6.03 Å². The number of nitrogens with zero attached hydrogens (tertiary/aromatic N) is 4. The van der Waals surface area contributed by atoms with E-state index in [4.69, 9.17) is 5.73 Å². The van der Waals surface area contributed by atoms with E-state index in [0.717, 1.165) is 24.3 Å². The largest absolute Gasteiger partial charge is 0.602 e. The van der Waals surface area contributed by atoms with E-state index in [9.17, 15) is 10.0 Å². The summed E-state index contributed by atoms with van der Waals surface area (Å²) in [6.45, 7) is 2.30. The van der Waals surface area contributed by atoms with Crippen LogP contribution in [0.15, 0.2) is 10.4 Å². The number of unbranched alkanes of at least 4 members (excludes halogenated alkanes) is 2.